The summed E-state index contributed by atoms with van der Waals surface area (Å²) in [5.41, 5.74) is 6.17. The van der Waals surface area contributed by atoms with Gasteiger partial charge in [0.05, 0.1) is 12.1 Å². The summed E-state index contributed by atoms with van der Waals surface area (Å²) in [6.45, 7) is 6.19. The van der Waals surface area contributed by atoms with Gasteiger partial charge in [-0.05, 0) is 51.8 Å². The normalized spacial score (nSPS) is 11.5. The van der Waals surface area contributed by atoms with Crippen LogP contribution in [-0.2, 0) is 9.53 Å². The van der Waals surface area contributed by atoms with Gasteiger partial charge in [-0.3, -0.25) is 9.79 Å². The molecule has 148 valence electrons. The molecule has 0 radical (unpaired) electrons. The molecule has 0 fully saturated rings. The van der Waals surface area contributed by atoms with E-state index in [-0.39, 0.29) is 29.9 Å². The summed E-state index contributed by atoms with van der Waals surface area (Å²) in [5, 5.41) is 3.48. The number of esters is 1. The number of hydrogen-bond acceptors (Lipinski definition) is 4. The van der Waals surface area contributed by atoms with E-state index in [9.17, 15) is 4.79 Å². The molecule has 0 aliphatic rings. The molecule has 3 N–H and O–H groups in total. The van der Waals surface area contributed by atoms with Crippen molar-refractivity contribution in [1.82, 2.24) is 0 Å². The van der Waals surface area contributed by atoms with Gasteiger partial charge in [-0.2, -0.15) is 0 Å². The van der Waals surface area contributed by atoms with E-state index >= 15 is 0 Å². The van der Waals surface area contributed by atoms with Gasteiger partial charge in [-0.1, -0.05) is 18.0 Å². The van der Waals surface area contributed by atoms with E-state index in [0.717, 1.165) is 24.9 Å². The number of aliphatic imine (C=N–C) groups is 1. The number of guanidine groups is 1. The Morgan fingerprint density at radius 3 is 2.54 bits per heavy atom. The van der Waals surface area contributed by atoms with E-state index in [4.69, 9.17) is 26.8 Å². The predicted octanol–water partition coefficient (Wildman–Crippen LogP) is 4.60. The van der Waals surface area contributed by atoms with Gasteiger partial charge in [0, 0.05) is 18.7 Å². The van der Waals surface area contributed by atoms with Gasteiger partial charge >= 0.3 is 5.97 Å². The van der Waals surface area contributed by atoms with Crippen LogP contribution < -0.4 is 15.8 Å². The maximum Gasteiger partial charge on any atom is 0.306 e. The van der Waals surface area contributed by atoms with Crippen LogP contribution in [0.3, 0.4) is 0 Å². The van der Waals surface area contributed by atoms with Crippen LogP contribution in [0.2, 0.25) is 5.02 Å². The van der Waals surface area contributed by atoms with Gasteiger partial charge < -0.3 is 20.5 Å². The summed E-state index contributed by atoms with van der Waals surface area (Å²) < 4.78 is 10.4. The highest BCUT2D eigenvalue weighted by Gasteiger charge is 2.15. The first-order chi connectivity index (χ1) is 11.7. The standard InChI is InChI=1S/C18H28ClN3O3.HI/c1-18(2,3)25-16(23)8-6-5-7-11-21-17(20)22-13-9-10-15(24-4)14(19)12-13;/h9-10,12H,5-8,11H2,1-4H3,(H3,20,21,22);1H. The maximum absolute atomic E-state index is 11.6. The molecule has 0 spiro atoms. The van der Waals surface area contributed by atoms with Crippen molar-refractivity contribution in [2.45, 2.75) is 52.1 Å². The lowest BCUT2D eigenvalue weighted by molar-refractivity contribution is -0.154. The molecule has 0 saturated heterocycles. The Morgan fingerprint density at radius 1 is 1.27 bits per heavy atom. The third-order valence-electron chi connectivity index (χ3n) is 3.17. The molecule has 0 aliphatic carbocycles. The molecular formula is C18H29ClIN3O3. The van der Waals surface area contributed by atoms with Crippen molar-refractivity contribution >= 4 is 53.2 Å². The Kier molecular flexibility index (Phi) is 11.6. The molecule has 0 atom stereocenters. The number of halogens is 2. The minimum Gasteiger partial charge on any atom is -0.495 e. The van der Waals surface area contributed by atoms with Crippen molar-refractivity contribution < 1.29 is 14.3 Å². The predicted molar refractivity (Wildman–Crippen MR) is 118 cm³/mol. The fourth-order valence-electron chi connectivity index (χ4n) is 2.08. The first-order valence-electron chi connectivity index (χ1n) is 8.33. The first kappa shape index (κ1) is 24.8. The number of nitrogens with zero attached hydrogens (tertiary/aromatic N) is 1. The SMILES string of the molecule is COc1ccc(NC(N)=NCCCCCC(=O)OC(C)(C)C)cc1Cl.I. The van der Waals surface area contributed by atoms with E-state index in [1.54, 1.807) is 19.2 Å². The molecule has 0 bridgehead atoms. The van der Waals surface area contributed by atoms with Gasteiger partial charge in [-0.15, -0.1) is 24.0 Å². The summed E-state index contributed by atoms with van der Waals surface area (Å²) in [6.07, 6.45) is 2.96. The zero-order valence-corrected chi connectivity index (χ0v) is 18.9. The lowest BCUT2D eigenvalue weighted by Gasteiger charge is -2.19. The third-order valence-corrected chi connectivity index (χ3v) is 3.46. The smallest absolute Gasteiger partial charge is 0.306 e. The quantitative estimate of drug-likeness (QED) is 0.180. The van der Waals surface area contributed by atoms with E-state index in [0.29, 0.717) is 29.7 Å². The number of nitrogens with one attached hydrogen (secondary N) is 1. The maximum atomic E-state index is 11.6. The zero-order chi connectivity index (χ0) is 18.9. The van der Waals surface area contributed by atoms with Crippen LogP contribution in [0, 0.1) is 0 Å². The summed E-state index contributed by atoms with van der Waals surface area (Å²) in [6, 6.07) is 5.30. The molecule has 0 heterocycles. The monoisotopic (exact) mass is 497 g/mol. The summed E-state index contributed by atoms with van der Waals surface area (Å²) in [4.78, 5) is 15.8. The average Bonchev–Trinajstić information content (AvgIpc) is 2.49. The fraction of sp³-hybridized carbons (Fsp3) is 0.556. The van der Waals surface area contributed by atoms with E-state index in [1.165, 1.54) is 0 Å². The van der Waals surface area contributed by atoms with Crippen molar-refractivity contribution in [3.8, 4) is 5.75 Å². The van der Waals surface area contributed by atoms with Crippen LogP contribution in [0.25, 0.3) is 0 Å². The molecule has 1 aromatic carbocycles. The highest BCUT2D eigenvalue weighted by atomic mass is 127. The van der Waals surface area contributed by atoms with Gasteiger partial charge in [0.1, 0.15) is 11.4 Å². The second-order valence-corrected chi connectivity index (χ2v) is 7.05. The molecule has 6 nitrogen and oxygen atoms in total. The largest absolute Gasteiger partial charge is 0.495 e. The molecule has 0 aliphatic heterocycles. The molecule has 1 aromatic rings. The minimum absolute atomic E-state index is 0. The topological polar surface area (TPSA) is 85.9 Å². The first-order valence-corrected chi connectivity index (χ1v) is 8.71. The van der Waals surface area contributed by atoms with Gasteiger partial charge in [0.25, 0.3) is 0 Å². The minimum atomic E-state index is -0.425. The van der Waals surface area contributed by atoms with Crippen LogP contribution >= 0.6 is 35.6 Å². The van der Waals surface area contributed by atoms with Crippen LogP contribution in [0.1, 0.15) is 46.5 Å². The van der Waals surface area contributed by atoms with E-state index in [2.05, 4.69) is 10.3 Å². The number of carbonyl (C=O) groups is 1. The van der Waals surface area contributed by atoms with Gasteiger partial charge in [0.15, 0.2) is 5.96 Å². The molecule has 0 aromatic heterocycles. The highest BCUT2D eigenvalue weighted by Crippen LogP contribution is 2.27. The molecule has 8 heteroatoms. The zero-order valence-electron chi connectivity index (χ0n) is 15.8. The van der Waals surface area contributed by atoms with Crippen molar-refractivity contribution in [3.05, 3.63) is 23.2 Å². The number of anilines is 1. The van der Waals surface area contributed by atoms with Crippen LogP contribution in [0.15, 0.2) is 23.2 Å². The Morgan fingerprint density at radius 2 is 1.96 bits per heavy atom. The Hall–Kier alpha value is -1.22. The molecule has 0 amide bonds. The third kappa shape index (κ3) is 10.7. The van der Waals surface area contributed by atoms with Crippen LogP contribution in [-0.4, -0.2) is 31.2 Å². The lowest BCUT2D eigenvalue weighted by atomic mass is 10.1. The number of nitrogens with two attached hydrogens (primary N) is 1. The molecule has 0 saturated carbocycles. The number of hydrogen-bond donors (Lipinski definition) is 2. The van der Waals surface area contributed by atoms with E-state index in [1.807, 2.05) is 26.8 Å². The second-order valence-electron chi connectivity index (χ2n) is 6.64. The number of methoxy groups -OCH3 is 1. The van der Waals surface area contributed by atoms with Crippen LogP contribution in [0.4, 0.5) is 5.69 Å². The Labute approximate surface area is 177 Å². The molecule has 0 unspecified atom stereocenters. The van der Waals surface area contributed by atoms with Crippen LogP contribution in [0.5, 0.6) is 5.75 Å². The van der Waals surface area contributed by atoms with Crippen molar-refractivity contribution in [2.75, 3.05) is 19.0 Å². The van der Waals surface area contributed by atoms with Crippen molar-refractivity contribution in [1.29, 1.82) is 0 Å². The van der Waals surface area contributed by atoms with E-state index < -0.39 is 5.60 Å². The lowest BCUT2D eigenvalue weighted by Crippen LogP contribution is -2.23. The molecule has 1 rings (SSSR count). The van der Waals surface area contributed by atoms with Crippen molar-refractivity contribution in [3.63, 3.8) is 0 Å². The van der Waals surface area contributed by atoms with Crippen molar-refractivity contribution in [2.24, 2.45) is 10.7 Å². The fourth-order valence-corrected chi connectivity index (χ4v) is 2.34. The number of unbranched alkanes of at least 4 members (excludes halogenated alkanes) is 2. The Balaban J connectivity index is 0.00000625. The number of carbonyl (C=O) groups excluding carboxylic acids is 1. The average molecular weight is 498 g/mol. The molecular weight excluding hydrogens is 469 g/mol. The summed E-state index contributed by atoms with van der Waals surface area (Å²) in [5.74, 6) is 0.773. The number of ether oxygens (including phenoxy) is 2. The summed E-state index contributed by atoms with van der Waals surface area (Å²) in [7, 11) is 1.56. The Bertz CT molecular complexity index is 604. The number of rotatable bonds is 8. The highest BCUT2D eigenvalue weighted by molar-refractivity contribution is 14.0. The number of benzene rings is 1. The van der Waals surface area contributed by atoms with Gasteiger partial charge in [0.2, 0.25) is 0 Å². The summed E-state index contributed by atoms with van der Waals surface area (Å²) >= 11 is 6.06. The second kappa shape index (κ2) is 12.2. The van der Waals surface area contributed by atoms with Gasteiger partial charge in [-0.25, -0.2) is 0 Å². The molecule has 26 heavy (non-hydrogen) atoms.